The molecule has 0 radical (unpaired) electrons. The molecule has 0 heterocycles. The Morgan fingerprint density at radius 1 is 1.27 bits per heavy atom. The van der Waals surface area contributed by atoms with Gasteiger partial charge >= 0.3 is 5.97 Å². The maximum absolute atomic E-state index is 11.5. The van der Waals surface area contributed by atoms with Crippen LogP contribution in [0.4, 0.5) is 0 Å². The van der Waals surface area contributed by atoms with Gasteiger partial charge in [-0.3, -0.25) is 4.79 Å². The van der Waals surface area contributed by atoms with Crippen molar-refractivity contribution in [2.24, 2.45) is 5.92 Å². The summed E-state index contributed by atoms with van der Waals surface area (Å²) < 4.78 is 4.83. The number of esters is 1. The molecule has 0 aliphatic heterocycles. The third-order valence-electron chi connectivity index (χ3n) is 1.91. The van der Waals surface area contributed by atoms with E-state index in [2.05, 4.69) is 0 Å². The summed E-state index contributed by atoms with van der Waals surface area (Å²) in [5, 5.41) is 0. The molecule has 0 N–H and O–H groups in total. The number of hydrogen-bond donors (Lipinski definition) is 0. The Morgan fingerprint density at radius 2 is 1.87 bits per heavy atom. The minimum absolute atomic E-state index is 0.144. The highest BCUT2D eigenvalue weighted by atomic mass is 16.5. The lowest BCUT2D eigenvalue weighted by Gasteiger charge is -2.06. The number of ketones is 1. The van der Waals surface area contributed by atoms with Crippen molar-refractivity contribution in [1.82, 2.24) is 0 Å². The minimum atomic E-state index is -0.495. The highest BCUT2D eigenvalue weighted by Gasteiger charge is 2.17. The Kier molecular flexibility index (Phi) is 6.67. The number of rotatable bonds is 6. The molecule has 3 heteroatoms. The summed E-state index contributed by atoms with van der Waals surface area (Å²) in [5.74, 6) is -0.210. The molecular weight excluding hydrogens is 192 g/mol. The molecule has 0 unspecified atom stereocenters. The van der Waals surface area contributed by atoms with Crippen LogP contribution in [0.1, 0.15) is 40.5 Å². The van der Waals surface area contributed by atoms with Crippen molar-refractivity contribution in [3.63, 3.8) is 0 Å². The van der Waals surface area contributed by atoms with E-state index < -0.39 is 5.97 Å². The van der Waals surface area contributed by atoms with Gasteiger partial charge in [0.05, 0.1) is 12.2 Å². The first-order valence-electron chi connectivity index (χ1n) is 5.43. The number of ether oxygens (including phenoxy) is 1. The standard InChI is InChI=1S/C12H20O3/c1-5-11(13)10(8-7-9(3)4)12(14)15-6-2/h8-9H,5-7H2,1-4H3. The van der Waals surface area contributed by atoms with Crippen LogP contribution in [0.5, 0.6) is 0 Å². The molecule has 0 aromatic heterocycles. The van der Waals surface area contributed by atoms with Gasteiger partial charge in [-0.05, 0) is 19.3 Å². The van der Waals surface area contributed by atoms with Crippen LogP contribution in [0, 0.1) is 5.92 Å². The summed E-state index contributed by atoms with van der Waals surface area (Å²) in [5.41, 5.74) is 0.202. The van der Waals surface area contributed by atoms with Gasteiger partial charge in [0, 0.05) is 6.42 Å². The van der Waals surface area contributed by atoms with Crippen molar-refractivity contribution in [2.75, 3.05) is 6.61 Å². The molecule has 0 amide bonds. The van der Waals surface area contributed by atoms with Crippen LogP contribution in [0.25, 0.3) is 0 Å². The number of Topliss-reactive ketones (excluding diaryl/α,β-unsaturated/α-hetero) is 1. The lowest BCUT2D eigenvalue weighted by Crippen LogP contribution is -2.15. The van der Waals surface area contributed by atoms with Crippen LogP contribution in [0.3, 0.4) is 0 Å². The second kappa shape index (κ2) is 7.21. The molecule has 0 rings (SSSR count). The fourth-order valence-electron chi connectivity index (χ4n) is 1.06. The molecule has 0 atom stereocenters. The van der Waals surface area contributed by atoms with E-state index in [1.807, 2.05) is 13.8 Å². The minimum Gasteiger partial charge on any atom is -0.462 e. The Labute approximate surface area is 91.5 Å². The summed E-state index contributed by atoms with van der Waals surface area (Å²) >= 11 is 0. The highest BCUT2D eigenvalue weighted by Crippen LogP contribution is 2.09. The second-order valence-electron chi connectivity index (χ2n) is 3.74. The molecule has 15 heavy (non-hydrogen) atoms. The van der Waals surface area contributed by atoms with Gasteiger partial charge in [0.1, 0.15) is 0 Å². The number of hydrogen-bond acceptors (Lipinski definition) is 3. The molecule has 0 aliphatic rings. The van der Waals surface area contributed by atoms with Crippen LogP contribution in [-0.4, -0.2) is 18.4 Å². The first-order chi connectivity index (χ1) is 7.02. The Bertz CT molecular complexity index is 252. The summed E-state index contributed by atoms with van der Waals surface area (Å²) in [7, 11) is 0. The lowest BCUT2D eigenvalue weighted by molar-refractivity contribution is -0.140. The second-order valence-corrected chi connectivity index (χ2v) is 3.74. The van der Waals surface area contributed by atoms with E-state index in [4.69, 9.17) is 4.74 Å². The topological polar surface area (TPSA) is 43.4 Å². The van der Waals surface area contributed by atoms with E-state index in [0.717, 1.165) is 6.42 Å². The molecular formula is C12H20O3. The van der Waals surface area contributed by atoms with E-state index in [-0.39, 0.29) is 11.4 Å². The number of allylic oxidation sites excluding steroid dienone is 1. The van der Waals surface area contributed by atoms with Gasteiger partial charge in [-0.25, -0.2) is 4.79 Å². The van der Waals surface area contributed by atoms with Crippen LogP contribution in [0.15, 0.2) is 11.6 Å². The molecule has 86 valence electrons. The summed E-state index contributed by atoms with van der Waals surface area (Å²) in [6.07, 6.45) is 2.75. The molecule has 0 aliphatic carbocycles. The monoisotopic (exact) mass is 212 g/mol. The van der Waals surface area contributed by atoms with E-state index in [1.165, 1.54) is 0 Å². The summed E-state index contributed by atoms with van der Waals surface area (Å²) in [4.78, 5) is 22.9. The van der Waals surface area contributed by atoms with Gasteiger partial charge in [0.2, 0.25) is 0 Å². The van der Waals surface area contributed by atoms with E-state index in [9.17, 15) is 9.59 Å². The van der Waals surface area contributed by atoms with E-state index >= 15 is 0 Å². The molecule has 0 saturated heterocycles. The third kappa shape index (κ3) is 5.35. The largest absolute Gasteiger partial charge is 0.462 e. The first kappa shape index (κ1) is 13.9. The molecule has 0 fully saturated rings. The molecule has 0 bridgehead atoms. The first-order valence-corrected chi connectivity index (χ1v) is 5.43. The SMILES string of the molecule is CCOC(=O)C(=CCC(C)C)C(=O)CC. The highest BCUT2D eigenvalue weighted by molar-refractivity contribution is 6.17. The van der Waals surface area contributed by atoms with Gasteiger partial charge < -0.3 is 4.74 Å². The zero-order valence-corrected chi connectivity index (χ0v) is 10.0. The van der Waals surface area contributed by atoms with Crippen molar-refractivity contribution in [1.29, 1.82) is 0 Å². The van der Waals surface area contributed by atoms with Crippen LogP contribution >= 0.6 is 0 Å². The van der Waals surface area contributed by atoms with Crippen LogP contribution in [0.2, 0.25) is 0 Å². The van der Waals surface area contributed by atoms with Crippen molar-refractivity contribution < 1.29 is 14.3 Å². The maximum atomic E-state index is 11.5. The molecule has 0 spiro atoms. The van der Waals surface area contributed by atoms with Crippen LogP contribution < -0.4 is 0 Å². The molecule has 0 aromatic rings. The normalized spacial score (nSPS) is 11.7. The van der Waals surface area contributed by atoms with Crippen molar-refractivity contribution in [2.45, 2.75) is 40.5 Å². The predicted octanol–water partition coefficient (Wildman–Crippen LogP) is 2.50. The Hall–Kier alpha value is -1.12. The Morgan fingerprint density at radius 3 is 2.27 bits per heavy atom. The fraction of sp³-hybridized carbons (Fsp3) is 0.667. The average Bonchev–Trinajstić information content (AvgIpc) is 2.17. The van der Waals surface area contributed by atoms with Crippen molar-refractivity contribution >= 4 is 11.8 Å². The summed E-state index contributed by atoms with van der Waals surface area (Å²) in [6.45, 7) is 7.85. The van der Waals surface area contributed by atoms with E-state index in [0.29, 0.717) is 18.9 Å². The van der Waals surface area contributed by atoms with Gasteiger partial charge in [0.25, 0.3) is 0 Å². The summed E-state index contributed by atoms with van der Waals surface area (Å²) in [6, 6.07) is 0. The van der Waals surface area contributed by atoms with E-state index in [1.54, 1.807) is 19.9 Å². The third-order valence-corrected chi connectivity index (χ3v) is 1.91. The zero-order chi connectivity index (χ0) is 11.8. The molecule has 3 nitrogen and oxygen atoms in total. The van der Waals surface area contributed by atoms with Gasteiger partial charge in [0.15, 0.2) is 5.78 Å². The number of carbonyl (C=O) groups excluding carboxylic acids is 2. The molecule has 0 saturated carbocycles. The van der Waals surface area contributed by atoms with Gasteiger partial charge in [-0.15, -0.1) is 0 Å². The smallest absolute Gasteiger partial charge is 0.341 e. The van der Waals surface area contributed by atoms with Gasteiger partial charge in [-0.2, -0.15) is 0 Å². The predicted molar refractivity (Wildman–Crippen MR) is 59.5 cm³/mol. The fourth-order valence-corrected chi connectivity index (χ4v) is 1.06. The van der Waals surface area contributed by atoms with Gasteiger partial charge in [-0.1, -0.05) is 26.8 Å². The van der Waals surface area contributed by atoms with Crippen molar-refractivity contribution in [3.05, 3.63) is 11.6 Å². The lowest BCUT2D eigenvalue weighted by atomic mass is 10.0. The quantitative estimate of drug-likeness (QED) is 0.294. The average molecular weight is 212 g/mol. The van der Waals surface area contributed by atoms with Crippen molar-refractivity contribution in [3.8, 4) is 0 Å². The Balaban J connectivity index is 4.64. The molecule has 0 aromatic carbocycles. The zero-order valence-electron chi connectivity index (χ0n) is 10.0. The maximum Gasteiger partial charge on any atom is 0.341 e. The van der Waals surface area contributed by atoms with Crippen LogP contribution in [-0.2, 0) is 14.3 Å². The number of carbonyl (C=O) groups is 2.